The molecule has 148 valence electrons. The molecule has 1 unspecified atom stereocenters. The van der Waals surface area contributed by atoms with Gasteiger partial charge < -0.3 is 15.0 Å². The number of hydrazine groups is 1. The number of rotatable bonds is 9. The molecule has 1 aliphatic rings. The number of hydrogen-bond acceptors (Lipinski definition) is 6. The number of benzene rings is 2. The summed E-state index contributed by atoms with van der Waals surface area (Å²) in [6.07, 6.45) is 3.79. The van der Waals surface area contributed by atoms with Crippen LogP contribution in [0, 0.1) is 0 Å². The van der Waals surface area contributed by atoms with E-state index in [1.807, 2.05) is 47.6 Å². The van der Waals surface area contributed by atoms with Crippen LogP contribution in [0.4, 0.5) is 11.4 Å². The summed E-state index contributed by atoms with van der Waals surface area (Å²) in [6, 6.07) is 18.4. The average Bonchev–Trinajstić information content (AvgIpc) is 3.11. The van der Waals surface area contributed by atoms with Crippen LogP contribution in [0.1, 0.15) is 19.4 Å². The molecule has 1 aliphatic heterocycles. The number of anilines is 1. The molecule has 0 amide bonds. The third-order valence-corrected chi connectivity index (χ3v) is 4.85. The first-order chi connectivity index (χ1) is 13.7. The lowest BCUT2D eigenvalue weighted by Gasteiger charge is -2.31. The van der Waals surface area contributed by atoms with E-state index >= 15 is 0 Å². The van der Waals surface area contributed by atoms with Gasteiger partial charge >= 0.3 is 0 Å². The van der Waals surface area contributed by atoms with Crippen molar-refractivity contribution < 1.29 is 5.11 Å². The van der Waals surface area contributed by atoms with Gasteiger partial charge in [0, 0.05) is 31.5 Å². The maximum absolute atomic E-state index is 9.36. The second kappa shape index (κ2) is 10.0. The highest BCUT2D eigenvalue weighted by Crippen LogP contribution is 2.24. The molecule has 0 aromatic heterocycles. The summed E-state index contributed by atoms with van der Waals surface area (Å²) in [5.74, 6) is 0. The first-order valence-electron chi connectivity index (χ1n) is 9.87. The van der Waals surface area contributed by atoms with Gasteiger partial charge in [-0.2, -0.15) is 15.2 Å². The number of aliphatic hydroxyl groups is 1. The highest BCUT2D eigenvalue weighted by molar-refractivity contribution is 5.52. The van der Waals surface area contributed by atoms with Gasteiger partial charge in [-0.05, 0) is 49.8 Å². The van der Waals surface area contributed by atoms with E-state index in [1.54, 1.807) is 0 Å². The molecule has 2 aromatic rings. The fourth-order valence-electron chi connectivity index (χ4n) is 3.32. The Kier molecular flexibility index (Phi) is 7.17. The van der Waals surface area contributed by atoms with Crippen molar-refractivity contribution in [2.45, 2.75) is 26.6 Å². The molecule has 0 saturated heterocycles. The van der Waals surface area contributed by atoms with Crippen molar-refractivity contribution in [3.05, 3.63) is 72.4 Å². The molecule has 0 fully saturated rings. The zero-order valence-corrected chi connectivity index (χ0v) is 16.6. The Bertz CT molecular complexity index is 771. The minimum atomic E-state index is -0.186. The molecular formula is C22H29N5O. The van der Waals surface area contributed by atoms with E-state index in [1.165, 1.54) is 11.3 Å². The second-order valence-electron chi connectivity index (χ2n) is 6.63. The number of β-amino-alcohol motifs (C(OH)–C–C–N with tert-alkyl or cyclic N) is 1. The third kappa shape index (κ3) is 4.97. The normalized spacial score (nSPS) is 17.0. The van der Waals surface area contributed by atoms with Gasteiger partial charge in [-0.25, -0.2) is 0 Å². The van der Waals surface area contributed by atoms with Crippen LogP contribution in [0.3, 0.4) is 0 Å². The van der Waals surface area contributed by atoms with E-state index in [0.717, 1.165) is 18.8 Å². The van der Waals surface area contributed by atoms with Crippen LogP contribution < -0.4 is 4.90 Å². The van der Waals surface area contributed by atoms with E-state index in [0.29, 0.717) is 13.1 Å². The van der Waals surface area contributed by atoms with Gasteiger partial charge in [-0.3, -0.25) is 0 Å². The Morgan fingerprint density at radius 3 is 2.36 bits per heavy atom. The molecule has 2 aromatic carbocycles. The minimum Gasteiger partial charge on any atom is -0.394 e. The van der Waals surface area contributed by atoms with Gasteiger partial charge in [0.2, 0.25) is 0 Å². The van der Waals surface area contributed by atoms with E-state index in [2.05, 4.69) is 58.3 Å². The highest BCUT2D eigenvalue weighted by atomic mass is 16.3. The second-order valence-corrected chi connectivity index (χ2v) is 6.63. The predicted molar refractivity (Wildman–Crippen MR) is 113 cm³/mol. The molecule has 0 aliphatic carbocycles. The Hall–Kier alpha value is -2.70. The minimum absolute atomic E-state index is 0.0896. The summed E-state index contributed by atoms with van der Waals surface area (Å²) >= 11 is 0. The Balaban J connectivity index is 1.71. The summed E-state index contributed by atoms with van der Waals surface area (Å²) in [5, 5.41) is 22.5. The van der Waals surface area contributed by atoms with Crippen molar-refractivity contribution in [3.63, 3.8) is 0 Å². The average molecular weight is 380 g/mol. The van der Waals surface area contributed by atoms with E-state index < -0.39 is 0 Å². The number of hydrogen-bond donors (Lipinski definition) is 1. The molecule has 0 spiro atoms. The van der Waals surface area contributed by atoms with E-state index in [9.17, 15) is 5.11 Å². The van der Waals surface area contributed by atoms with E-state index in [-0.39, 0.29) is 12.8 Å². The van der Waals surface area contributed by atoms with Crippen LogP contribution in [0.25, 0.3) is 0 Å². The van der Waals surface area contributed by atoms with Gasteiger partial charge in [-0.15, -0.1) is 0 Å². The molecule has 6 heteroatoms. The largest absolute Gasteiger partial charge is 0.394 e. The van der Waals surface area contributed by atoms with Gasteiger partial charge in [0.15, 0.2) is 6.17 Å². The summed E-state index contributed by atoms with van der Waals surface area (Å²) in [4.78, 5) is 2.30. The first kappa shape index (κ1) is 20.0. The molecule has 1 N–H and O–H groups in total. The van der Waals surface area contributed by atoms with Crippen molar-refractivity contribution in [3.8, 4) is 0 Å². The number of azo groups is 1. The Morgan fingerprint density at radius 2 is 1.71 bits per heavy atom. The monoisotopic (exact) mass is 379 g/mol. The molecule has 1 heterocycles. The van der Waals surface area contributed by atoms with Crippen molar-refractivity contribution in [1.29, 1.82) is 0 Å². The molecule has 6 nitrogen and oxygen atoms in total. The van der Waals surface area contributed by atoms with Crippen LogP contribution in [-0.4, -0.2) is 47.5 Å². The zero-order valence-electron chi connectivity index (χ0n) is 16.6. The van der Waals surface area contributed by atoms with Crippen molar-refractivity contribution in [2.75, 3.05) is 31.1 Å². The lowest BCUT2D eigenvalue weighted by Crippen LogP contribution is -2.40. The van der Waals surface area contributed by atoms with Crippen LogP contribution in [0.5, 0.6) is 0 Å². The molecule has 0 saturated carbocycles. The molecule has 3 rings (SSSR count). The molecule has 0 radical (unpaired) electrons. The van der Waals surface area contributed by atoms with Crippen molar-refractivity contribution in [1.82, 2.24) is 10.0 Å². The third-order valence-electron chi connectivity index (χ3n) is 4.85. The fraction of sp³-hybridized carbons (Fsp3) is 0.364. The SMILES string of the molecule is CCN(CC)c1ccc(N=NC2C=CN(CCO)N2Cc2ccccc2)cc1. The maximum atomic E-state index is 9.36. The molecule has 28 heavy (non-hydrogen) atoms. The van der Waals surface area contributed by atoms with Crippen LogP contribution in [0.15, 0.2) is 77.1 Å². The standard InChI is InChI=1S/C22H29N5O/c1-3-25(4-2)21-12-10-20(11-13-21)23-24-22-14-15-26(16-17-28)27(22)18-19-8-6-5-7-9-19/h5-15,22,28H,3-4,16-18H2,1-2H3. The maximum Gasteiger partial charge on any atom is 0.161 e. The number of aliphatic hydroxyl groups excluding tert-OH is 1. The summed E-state index contributed by atoms with van der Waals surface area (Å²) in [7, 11) is 0. The zero-order chi connectivity index (χ0) is 19.8. The number of nitrogens with zero attached hydrogens (tertiary/aromatic N) is 5. The van der Waals surface area contributed by atoms with Gasteiger partial charge in [0.05, 0.1) is 18.8 Å². The lowest BCUT2D eigenvalue weighted by atomic mass is 10.2. The van der Waals surface area contributed by atoms with Crippen LogP contribution in [-0.2, 0) is 6.54 Å². The lowest BCUT2D eigenvalue weighted by molar-refractivity contribution is -0.00308. The summed E-state index contributed by atoms with van der Waals surface area (Å²) in [6.45, 7) is 7.61. The van der Waals surface area contributed by atoms with Gasteiger partial charge in [0.25, 0.3) is 0 Å². The molecule has 1 atom stereocenters. The summed E-state index contributed by atoms with van der Waals surface area (Å²) in [5.41, 5.74) is 3.23. The molecular weight excluding hydrogens is 350 g/mol. The highest BCUT2D eigenvalue weighted by Gasteiger charge is 2.26. The van der Waals surface area contributed by atoms with Gasteiger partial charge in [-0.1, -0.05) is 30.3 Å². The predicted octanol–water partition coefficient (Wildman–Crippen LogP) is 4.18. The van der Waals surface area contributed by atoms with Crippen molar-refractivity contribution >= 4 is 11.4 Å². The first-order valence-corrected chi connectivity index (χ1v) is 9.87. The van der Waals surface area contributed by atoms with Crippen molar-refractivity contribution in [2.24, 2.45) is 10.2 Å². The fourth-order valence-corrected chi connectivity index (χ4v) is 3.32. The Morgan fingerprint density at radius 1 is 1.00 bits per heavy atom. The quantitative estimate of drug-likeness (QED) is 0.664. The Labute approximate surface area is 167 Å². The van der Waals surface area contributed by atoms with E-state index in [4.69, 9.17) is 0 Å². The van der Waals surface area contributed by atoms with Crippen LogP contribution >= 0.6 is 0 Å². The topological polar surface area (TPSA) is 54.7 Å². The van der Waals surface area contributed by atoms with Gasteiger partial charge in [0.1, 0.15) is 0 Å². The smallest absolute Gasteiger partial charge is 0.161 e. The van der Waals surface area contributed by atoms with Crippen LogP contribution in [0.2, 0.25) is 0 Å². The summed E-state index contributed by atoms with van der Waals surface area (Å²) < 4.78 is 0. The molecule has 0 bridgehead atoms.